The molecular formula is C44H20F2N2S4. The third-order valence-corrected chi connectivity index (χ3v) is 14.9. The van der Waals surface area contributed by atoms with Crippen molar-refractivity contribution in [2.45, 2.75) is 0 Å². The highest BCUT2D eigenvalue weighted by Crippen LogP contribution is 2.49. The zero-order chi connectivity index (χ0) is 34.2. The molecule has 0 spiro atoms. The van der Waals surface area contributed by atoms with E-state index < -0.39 is 0 Å². The zero-order valence-corrected chi connectivity index (χ0v) is 30.1. The first-order valence-corrected chi connectivity index (χ1v) is 20.0. The molecule has 6 heterocycles. The molecule has 0 fully saturated rings. The third kappa shape index (κ3) is 4.17. The number of hydrogen-bond acceptors (Lipinski definition) is 6. The summed E-state index contributed by atoms with van der Waals surface area (Å²) >= 11 is 6.77. The molecule has 0 saturated heterocycles. The van der Waals surface area contributed by atoms with E-state index in [2.05, 4.69) is 46.4 Å². The molecule has 0 bridgehead atoms. The zero-order valence-electron chi connectivity index (χ0n) is 26.8. The number of fused-ring (bicyclic) bond motifs is 11. The lowest BCUT2D eigenvalue weighted by Gasteiger charge is -2.06. The van der Waals surface area contributed by atoms with E-state index >= 15 is 8.78 Å². The van der Waals surface area contributed by atoms with Crippen LogP contribution >= 0.6 is 45.3 Å². The Morgan fingerprint density at radius 1 is 0.365 bits per heavy atom. The van der Waals surface area contributed by atoms with Crippen molar-refractivity contribution in [3.05, 3.63) is 133 Å². The minimum Gasteiger partial charge on any atom is -0.252 e. The second-order valence-electron chi connectivity index (χ2n) is 13.3. The molecule has 12 aromatic rings. The Morgan fingerprint density at radius 2 is 0.788 bits per heavy atom. The van der Waals surface area contributed by atoms with Gasteiger partial charge in [-0.05, 0) is 93.0 Å². The second-order valence-corrected chi connectivity index (χ2v) is 17.5. The van der Waals surface area contributed by atoms with Crippen molar-refractivity contribution in [1.82, 2.24) is 9.97 Å². The molecule has 0 atom stereocenters. The summed E-state index contributed by atoms with van der Waals surface area (Å²) in [4.78, 5) is 10.9. The highest BCUT2D eigenvalue weighted by Gasteiger charge is 2.20. The average Bonchev–Trinajstić information content (AvgIpc) is 3.93. The minimum atomic E-state index is -0.278. The Hall–Kier alpha value is -5.38. The van der Waals surface area contributed by atoms with Crippen molar-refractivity contribution >= 4 is 138 Å². The molecule has 0 N–H and O–H groups in total. The molecule has 8 heteroatoms. The maximum atomic E-state index is 16.0. The molecule has 0 saturated carbocycles. The van der Waals surface area contributed by atoms with Crippen LogP contribution in [-0.4, -0.2) is 9.97 Å². The van der Waals surface area contributed by atoms with Crippen LogP contribution in [0, 0.1) is 11.6 Å². The van der Waals surface area contributed by atoms with E-state index in [1.54, 1.807) is 57.7 Å². The molecule has 12 rings (SSSR count). The summed E-state index contributed by atoms with van der Waals surface area (Å²) in [7, 11) is 0. The van der Waals surface area contributed by atoms with Crippen LogP contribution in [0.5, 0.6) is 0 Å². The van der Waals surface area contributed by atoms with Gasteiger partial charge in [-0.15, -0.1) is 45.3 Å². The van der Waals surface area contributed by atoms with Crippen LogP contribution < -0.4 is 0 Å². The van der Waals surface area contributed by atoms with Gasteiger partial charge in [0.15, 0.2) is 11.6 Å². The maximum Gasteiger partial charge on any atom is 0.158 e. The van der Waals surface area contributed by atoms with Gasteiger partial charge in [-0.1, -0.05) is 48.5 Å². The van der Waals surface area contributed by atoms with Gasteiger partial charge in [-0.3, -0.25) is 9.97 Å². The van der Waals surface area contributed by atoms with Crippen LogP contribution in [0.25, 0.3) is 114 Å². The first-order valence-electron chi connectivity index (χ1n) is 16.7. The number of aromatic nitrogens is 2. The van der Waals surface area contributed by atoms with Crippen molar-refractivity contribution in [1.29, 1.82) is 0 Å². The highest BCUT2D eigenvalue weighted by molar-refractivity contribution is 7.37. The summed E-state index contributed by atoms with van der Waals surface area (Å²) in [5.74, 6) is -0.557. The van der Waals surface area contributed by atoms with E-state index in [9.17, 15) is 0 Å². The van der Waals surface area contributed by atoms with Crippen molar-refractivity contribution in [3.63, 3.8) is 0 Å². The molecular weight excluding hydrogens is 723 g/mol. The van der Waals surface area contributed by atoms with Crippen molar-refractivity contribution < 1.29 is 8.78 Å². The van der Waals surface area contributed by atoms with Crippen molar-refractivity contribution in [2.24, 2.45) is 0 Å². The number of nitrogens with zero attached hydrogens (tertiary/aromatic N) is 2. The summed E-state index contributed by atoms with van der Waals surface area (Å²) in [6, 6.07) is 37.1. The molecule has 0 unspecified atom stereocenters. The van der Waals surface area contributed by atoms with Gasteiger partial charge in [0.05, 0.1) is 19.2 Å². The highest BCUT2D eigenvalue weighted by atomic mass is 32.1. The van der Waals surface area contributed by atoms with Gasteiger partial charge in [0.2, 0.25) is 0 Å². The Morgan fingerprint density at radius 3 is 1.23 bits per heavy atom. The summed E-state index contributed by atoms with van der Waals surface area (Å²) < 4.78 is 39.2. The Bertz CT molecular complexity index is 3280. The molecule has 244 valence electrons. The Kier molecular flexibility index (Phi) is 5.95. The van der Waals surface area contributed by atoms with E-state index in [1.807, 2.05) is 72.8 Å². The van der Waals surface area contributed by atoms with Gasteiger partial charge in [-0.25, -0.2) is 8.78 Å². The maximum absolute atomic E-state index is 16.0. The fourth-order valence-corrected chi connectivity index (χ4v) is 12.5. The monoisotopic (exact) mass is 742 g/mol. The lowest BCUT2D eigenvalue weighted by Crippen LogP contribution is -1.90. The lowest BCUT2D eigenvalue weighted by molar-refractivity contribution is 0.638. The van der Waals surface area contributed by atoms with Gasteiger partial charge in [0.25, 0.3) is 0 Å². The smallest absolute Gasteiger partial charge is 0.158 e. The van der Waals surface area contributed by atoms with E-state index in [4.69, 9.17) is 0 Å². The summed E-state index contributed by atoms with van der Waals surface area (Å²) in [5.41, 5.74) is 0.789. The third-order valence-electron chi connectivity index (χ3n) is 10.2. The van der Waals surface area contributed by atoms with Crippen LogP contribution in [0.15, 0.2) is 122 Å². The number of hydrogen-bond donors (Lipinski definition) is 0. The summed E-state index contributed by atoms with van der Waals surface area (Å²) in [6.45, 7) is 0. The van der Waals surface area contributed by atoms with Crippen molar-refractivity contribution in [2.75, 3.05) is 0 Å². The minimum absolute atomic E-state index is 0.278. The van der Waals surface area contributed by atoms with Crippen molar-refractivity contribution in [3.8, 4) is 21.1 Å². The normalized spacial score (nSPS) is 12.4. The van der Waals surface area contributed by atoms with Crippen LogP contribution in [-0.2, 0) is 0 Å². The SMILES string of the molecule is Fc1c(-c2cc3cc4sc5c6cc7sc(-c8ncc9cc%10ccccc%10cc9c8F)cc7cc6sc5c4cc3s2)ncc2cc3ccccc3cc12. The molecule has 0 amide bonds. The van der Waals surface area contributed by atoms with Gasteiger partial charge < -0.3 is 0 Å². The number of halogens is 2. The van der Waals surface area contributed by atoms with Crippen LogP contribution in [0.2, 0.25) is 0 Å². The molecule has 0 aliphatic heterocycles. The topological polar surface area (TPSA) is 25.8 Å². The molecule has 0 radical (unpaired) electrons. The van der Waals surface area contributed by atoms with E-state index in [-0.39, 0.29) is 11.6 Å². The number of benzene rings is 6. The van der Waals surface area contributed by atoms with Gasteiger partial charge in [-0.2, -0.15) is 0 Å². The first-order chi connectivity index (χ1) is 25.5. The van der Waals surface area contributed by atoms with Gasteiger partial charge in [0, 0.05) is 63.5 Å². The molecule has 0 aliphatic rings. The summed E-state index contributed by atoms with van der Waals surface area (Å²) in [5, 5.41) is 11.6. The Balaban J connectivity index is 0.953. The summed E-state index contributed by atoms with van der Waals surface area (Å²) in [6.07, 6.45) is 3.57. The van der Waals surface area contributed by atoms with Crippen LogP contribution in [0.3, 0.4) is 0 Å². The quantitative estimate of drug-likeness (QED) is 0.165. The first kappa shape index (κ1) is 29.2. The fraction of sp³-hybridized carbons (Fsp3) is 0. The average molecular weight is 743 g/mol. The number of pyridine rings is 2. The predicted octanol–water partition coefficient (Wildman–Crippen LogP) is 14.7. The largest absolute Gasteiger partial charge is 0.252 e. The predicted molar refractivity (Wildman–Crippen MR) is 222 cm³/mol. The molecule has 6 aromatic carbocycles. The molecule has 2 nitrogen and oxygen atoms in total. The fourth-order valence-electron chi connectivity index (χ4n) is 7.65. The molecule has 6 aromatic heterocycles. The van der Waals surface area contributed by atoms with Crippen LogP contribution in [0.1, 0.15) is 0 Å². The number of rotatable bonds is 2. The molecule has 0 aliphatic carbocycles. The van der Waals surface area contributed by atoms with E-state index in [0.717, 1.165) is 62.2 Å². The van der Waals surface area contributed by atoms with Gasteiger partial charge >= 0.3 is 0 Å². The number of thiophene rings is 4. The van der Waals surface area contributed by atoms with Gasteiger partial charge in [0.1, 0.15) is 11.4 Å². The standard InChI is InChI=1S/C44H20F2N2S4/c45-39-29-11-23-7-3-1-5-21(23)9-27(29)19-47-41(39)37-15-25-13-35-31(17-33(25)49-37)43-44(51-35)32-18-34-26(14-36(32)52-43)16-38(50-34)42-40(46)30-12-24-8-4-2-6-22(24)10-28(30)20-48-42/h1-20H. The molecule has 52 heavy (non-hydrogen) atoms. The Labute approximate surface area is 309 Å². The lowest BCUT2D eigenvalue weighted by atomic mass is 10.0. The van der Waals surface area contributed by atoms with E-state index in [0.29, 0.717) is 22.2 Å². The second kappa shape index (κ2) is 10.6. The van der Waals surface area contributed by atoms with Crippen LogP contribution in [0.4, 0.5) is 8.78 Å². The van der Waals surface area contributed by atoms with E-state index in [1.165, 1.54) is 29.6 Å².